The van der Waals surface area contributed by atoms with E-state index in [1.807, 2.05) is 0 Å². The minimum absolute atomic E-state index is 0.269. The van der Waals surface area contributed by atoms with Crippen LogP contribution in [0.2, 0.25) is 0 Å². The molecule has 96 valence electrons. The number of likely N-dealkylation sites (tertiary alicyclic amines) is 2. The van der Waals surface area contributed by atoms with Gasteiger partial charge in [0.05, 0.1) is 6.54 Å². The van der Waals surface area contributed by atoms with Gasteiger partial charge in [0, 0.05) is 19.6 Å². The SMILES string of the molecule is O=C(NO)N1CCCC(OC(=O)N2CCC2)C1. The lowest BCUT2D eigenvalue weighted by Gasteiger charge is -2.35. The summed E-state index contributed by atoms with van der Waals surface area (Å²) in [5, 5.41) is 8.53. The molecule has 0 radical (unpaired) electrons. The van der Waals surface area contributed by atoms with Crippen LogP contribution < -0.4 is 5.48 Å². The predicted molar refractivity (Wildman–Crippen MR) is 57.6 cm³/mol. The first-order valence-corrected chi connectivity index (χ1v) is 5.85. The molecule has 7 nitrogen and oxygen atoms in total. The average molecular weight is 243 g/mol. The molecule has 2 N–H and O–H groups in total. The fourth-order valence-corrected chi connectivity index (χ4v) is 2.01. The Balaban J connectivity index is 1.80. The van der Waals surface area contributed by atoms with Crippen LogP contribution in [0.5, 0.6) is 0 Å². The minimum Gasteiger partial charge on any atom is -0.444 e. The smallest absolute Gasteiger partial charge is 0.410 e. The summed E-state index contributed by atoms with van der Waals surface area (Å²) in [5.74, 6) is 0. The zero-order valence-electron chi connectivity index (χ0n) is 9.59. The lowest BCUT2D eigenvalue weighted by molar-refractivity contribution is 0.0157. The van der Waals surface area contributed by atoms with Gasteiger partial charge in [0.1, 0.15) is 6.10 Å². The highest BCUT2D eigenvalue weighted by atomic mass is 16.6. The van der Waals surface area contributed by atoms with Crippen molar-refractivity contribution >= 4 is 12.1 Å². The second-order valence-corrected chi connectivity index (χ2v) is 4.35. The van der Waals surface area contributed by atoms with Crippen LogP contribution in [0.1, 0.15) is 19.3 Å². The van der Waals surface area contributed by atoms with Gasteiger partial charge in [-0.05, 0) is 19.3 Å². The van der Waals surface area contributed by atoms with Crippen molar-refractivity contribution in [3.8, 4) is 0 Å². The molecule has 2 aliphatic heterocycles. The van der Waals surface area contributed by atoms with E-state index in [1.54, 1.807) is 10.4 Å². The lowest BCUT2D eigenvalue weighted by atomic mass is 10.1. The number of piperidine rings is 1. The molecule has 0 aliphatic carbocycles. The number of hydrogen-bond acceptors (Lipinski definition) is 4. The fraction of sp³-hybridized carbons (Fsp3) is 0.800. The summed E-state index contributed by atoms with van der Waals surface area (Å²) < 4.78 is 5.30. The number of ether oxygens (including phenoxy) is 1. The molecule has 2 saturated heterocycles. The van der Waals surface area contributed by atoms with Gasteiger partial charge in [0.2, 0.25) is 0 Å². The topological polar surface area (TPSA) is 82.1 Å². The summed E-state index contributed by atoms with van der Waals surface area (Å²) >= 11 is 0. The summed E-state index contributed by atoms with van der Waals surface area (Å²) in [4.78, 5) is 25.9. The maximum absolute atomic E-state index is 11.6. The van der Waals surface area contributed by atoms with Crippen LogP contribution in [-0.4, -0.2) is 59.4 Å². The number of hydroxylamine groups is 1. The Morgan fingerprint density at radius 2 is 1.88 bits per heavy atom. The van der Waals surface area contributed by atoms with Crippen LogP contribution in [0.15, 0.2) is 0 Å². The first-order valence-electron chi connectivity index (χ1n) is 5.85. The molecular weight excluding hydrogens is 226 g/mol. The molecule has 0 bridgehead atoms. The van der Waals surface area contributed by atoms with Gasteiger partial charge < -0.3 is 14.5 Å². The first-order chi connectivity index (χ1) is 8.20. The van der Waals surface area contributed by atoms with Crippen molar-refractivity contribution in [2.24, 2.45) is 0 Å². The third kappa shape index (κ3) is 2.79. The van der Waals surface area contributed by atoms with E-state index < -0.39 is 6.03 Å². The van der Waals surface area contributed by atoms with E-state index >= 15 is 0 Å². The van der Waals surface area contributed by atoms with E-state index in [4.69, 9.17) is 9.94 Å². The zero-order chi connectivity index (χ0) is 12.3. The summed E-state index contributed by atoms with van der Waals surface area (Å²) in [5.41, 5.74) is 1.59. The highest BCUT2D eigenvalue weighted by Gasteiger charge is 2.29. The first kappa shape index (κ1) is 12.0. The zero-order valence-corrected chi connectivity index (χ0v) is 9.59. The normalized spacial score (nSPS) is 23.9. The molecule has 2 aliphatic rings. The van der Waals surface area contributed by atoms with Crippen molar-refractivity contribution in [2.75, 3.05) is 26.2 Å². The quantitative estimate of drug-likeness (QED) is 0.515. The van der Waals surface area contributed by atoms with Crippen LogP contribution >= 0.6 is 0 Å². The maximum Gasteiger partial charge on any atom is 0.410 e. The summed E-state index contributed by atoms with van der Waals surface area (Å²) in [6.45, 7) is 2.43. The van der Waals surface area contributed by atoms with E-state index in [1.165, 1.54) is 4.90 Å². The van der Waals surface area contributed by atoms with Gasteiger partial charge in [-0.1, -0.05) is 0 Å². The van der Waals surface area contributed by atoms with E-state index in [-0.39, 0.29) is 12.2 Å². The van der Waals surface area contributed by atoms with Crippen LogP contribution in [-0.2, 0) is 4.74 Å². The molecule has 17 heavy (non-hydrogen) atoms. The summed E-state index contributed by atoms with van der Waals surface area (Å²) in [7, 11) is 0. The Bertz CT molecular complexity index is 306. The van der Waals surface area contributed by atoms with Crippen LogP contribution in [0, 0.1) is 0 Å². The van der Waals surface area contributed by atoms with Crippen molar-refractivity contribution < 1.29 is 19.5 Å². The third-order valence-corrected chi connectivity index (χ3v) is 3.14. The Kier molecular flexibility index (Phi) is 3.68. The molecule has 1 unspecified atom stereocenters. The Morgan fingerprint density at radius 1 is 1.18 bits per heavy atom. The van der Waals surface area contributed by atoms with Gasteiger partial charge in [0.15, 0.2) is 0 Å². The fourth-order valence-electron chi connectivity index (χ4n) is 2.01. The van der Waals surface area contributed by atoms with Gasteiger partial charge in [-0.2, -0.15) is 0 Å². The van der Waals surface area contributed by atoms with Crippen LogP contribution in [0.3, 0.4) is 0 Å². The van der Waals surface area contributed by atoms with Crippen LogP contribution in [0.25, 0.3) is 0 Å². The van der Waals surface area contributed by atoms with Crippen molar-refractivity contribution in [2.45, 2.75) is 25.4 Å². The van der Waals surface area contributed by atoms with E-state index in [0.29, 0.717) is 13.1 Å². The number of rotatable bonds is 1. The number of urea groups is 1. The number of carbonyl (C=O) groups excluding carboxylic acids is 2. The van der Waals surface area contributed by atoms with Gasteiger partial charge in [-0.25, -0.2) is 15.1 Å². The standard InChI is InChI=1S/C10H17N3O4/c14-9(11-16)13-4-1-3-8(7-13)17-10(15)12-5-2-6-12/h8,16H,1-7H2,(H,11,14). The molecule has 7 heteroatoms. The number of carbonyl (C=O) groups is 2. The average Bonchev–Trinajstić information content (AvgIpc) is 2.26. The molecule has 0 saturated carbocycles. The molecule has 0 spiro atoms. The monoisotopic (exact) mass is 243 g/mol. The molecule has 2 heterocycles. The van der Waals surface area contributed by atoms with Crippen molar-refractivity contribution in [1.29, 1.82) is 0 Å². The summed E-state index contributed by atoms with van der Waals surface area (Å²) in [6, 6.07) is -0.547. The molecule has 2 fully saturated rings. The number of amides is 3. The second-order valence-electron chi connectivity index (χ2n) is 4.35. The highest BCUT2D eigenvalue weighted by molar-refractivity contribution is 5.73. The molecule has 0 aromatic rings. The van der Waals surface area contributed by atoms with Gasteiger partial charge in [-0.15, -0.1) is 0 Å². The van der Waals surface area contributed by atoms with Gasteiger partial charge in [-0.3, -0.25) is 5.21 Å². The summed E-state index contributed by atoms with van der Waals surface area (Å²) in [6.07, 6.45) is 1.99. The second kappa shape index (κ2) is 5.22. The molecule has 0 aromatic carbocycles. The number of nitrogens with one attached hydrogen (secondary N) is 1. The Morgan fingerprint density at radius 3 is 2.47 bits per heavy atom. The molecular formula is C10H17N3O4. The largest absolute Gasteiger partial charge is 0.444 e. The molecule has 2 rings (SSSR count). The Labute approximate surface area is 99.3 Å². The van der Waals surface area contributed by atoms with E-state index in [0.717, 1.165) is 32.4 Å². The maximum atomic E-state index is 11.6. The van der Waals surface area contributed by atoms with Gasteiger partial charge >= 0.3 is 12.1 Å². The lowest BCUT2D eigenvalue weighted by Crippen LogP contribution is -2.49. The van der Waals surface area contributed by atoms with Crippen molar-refractivity contribution in [1.82, 2.24) is 15.3 Å². The molecule has 3 amide bonds. The van der Waals surface area contributed by atoms with Gasteiger partial charge in [0.25, 0.3) is 0 Å². The minimum atomic E-state index is -0.547. The van der Waals surface area contributed by atoms with Crippen molar-refractivity contribution in [3.05, 3.63) is 0 Å². The highest BCUT2D eigenvalue weighted by Crippen LogP contribution is 2.16. The predicted octanol–water partition coefficient (Wildman–Crippen LogP) is 0.392. The third-order valence-electron chi connectivity index (χ3n) is 3.14. The van der Waals surface area contributed by atoms with E-state index in [2.05, 4.69) is 0 Å². The van der Waals surface area contributed by atoms with Crippen LogP contribution in [0.4, 0.5) is 9.59 Å². The Hall–Kier alpha value is -1.50. The number of hydrogen-bond donors (Lipinski definition) is 2. The van der Waals surface area contributed by atoms with E-state index in [9.17, 15) is 9.59 Å². The number of nitrogens with zero attached hydrogens (tertiary/aromatic N) is 2. The molecule has 1 atom stereocenters. The van der Waals surface area contributed by atoms with Crippen molar-refractivity contribution in [3.63, 3.8) is 0 Å². The molecule has 0 aromatic heterocycles.